The first-order chi connectivity index (χ1) is 10.5. The Balaban J connectivity index is 2.15. The summed E-state index contributed by atoms with van der Waals surface area (Å²) in [7, 11) is 1.33. The monoisotopic (exact) mass is 460 g/mol. The SMILES string of the molecule is COC(=O)c1ccc(OC(=S)Sc2ccccc2)c(Br)c1Br. The minimum atomic E-state index is -0.430. The van der Waals surface area contributed by atoms with Crippen LogP contribution in [-0.2, 0) is 4.74 Å². The topological polar surface area (TPSA) is 35.5 Å². The van der Waals surface area contributed by atoms with Crippen LogP contribution in [0.5, 0.6) is 5.75 Å². The summed E-state index contributed by atoms with van der Waals surface area (Å²) >= 11 is 13.3. The summed E-state index contributed by atoms with van der Waals surface area (Å²) in [4.78, 5) is 12.6. The van der Waals surface area contributed by atoms with Crippen molar-refractivity contribution in [1.82, 2.24) is 0 Å². The van der Waals surface area contributed by atoms with E-state index in [1.54, 1.807) is 12.1 Å². The number of ether oxygens (including phenoxy) is 2. The van der Waals surface area contributed by atoms with Crippen molar-refractivity contribution in [2.75, 3.05) is 7.11 Å². The van der Waals surface area contributed by atoms with Gasteiger partial charge in [0.25, 0.3) is 0 Å². The second-order valence-corrected chi connectivity index (χ2v) is 7.26. The van der Waals surface area contributed by atoms with Gasteiger partial charge in [0, 0.05) is 4.90 Å². The lowest BCUT2D eigenvalue weighted by Gasteiger charge is -2.11. The number of rotatable bonds is 3. The molecule has 0 atom stereocenters. The number of benzene rings is 2. The van der Waals surface area contributed by atoms with E-state index in [1.807, 2.05) is 30.3 Å². The van der Waals surface area contributed by atoms with E-state index in [0.717, 1.165) is 4.90 Å². The molecule has 0 aromatic heterocycles. The molecule has 0 N–H and O–H groups in total. The highest BCUT2D eigenvalue weighted by atomic mass is 79.9. The van der Waals surface area contributed by atoms with Crippen molar-refractivity contribution < 1.29 is 14.3 Å². The number of carbonyl (C=O) groups is 1. The molecule has 2 rings (SSSR count). The van der Waals surface area contributed by atoms with Gasteiger partial charge in [-0.2, -0.15) is 0 Å². The van der Waals surface area contributed by atoms with Crippen LogP contribution >= 0.6 is 55.8 Å². The summed E-state index contributed by atoms with van der Waals surface area (Å²) in [6.45, 7) is 0. The molecular formula is C15H10Br2O3S2. The average molecular weight is 462 g/mol. The molecule has 2 aromatic rings. The maximum Gasteiger partial charge on any atom is 0.339 e. The van der Waals surface area contributed by atoms with Crippen LogP contribution in [0.15, 0.2) is 56.3 Å². The third kappa shape index (κ3) is 4.32. The van der Waals surface area contributed by atoms with Crippen molar-refractivity contribution in [3.05, 3.63) is 57.0 Å². The lowest BCUT2D eigenvalue weighted by Crippen LogP contribution is -2.05. The van der Waals surface area contributed by atoms with Crippen LogP contribution in [0.2, 0.25) is 0 Å². The summed E-state index contributed by atoms with van der Waals surface area (Å²) in [5, 5.41) is 0. The lowest BCUT2D eigenvalue weighted by atomic mass is 10.2. The van der Waals surface area contributed by atoms with Crippen LogP contribution in [-0.4, -0.2) is 17.5 Å². The summed E-state index contributed by atoms with van der Waals surface area (Å²) < 4.78 is 11.9. The van der Waals surface area contributed by atoms with Crippen LogP contribution in [0.25, 0.3) is 0 Å². The van der Waals surface area contributed by atoms with Crippen molar-refractivity contribution in [1.29, 1.82) is 0 Å². The van der Waals surface area contributed by atoms with Crippen molar-refractivity contribution in [2.24, 2.45) is 0 Å². The Morgan fingerprint density at radius 3 is 2.41 bits per heavy atom. The Hall–Kier alpha value is -0.890. The third-order valence-electron chi connectivity index (χ3n) is 2.59. The minimum absolute atomic E-state index is 0.365. The molecule has 0 amide bonds. The van der Waals surface area contributed by atoms with Crippen molar-refractivity contribution in [3.8, 4) is 5.75 Å². The van der Waals surface area contributed by atoms with E-state index in [9.17, 15) is 4.79 Å². The van der Waals surface area contributed by atoms with Crippen LogP contribution < -0.4 is 4.74 Å². The third-order valence-corrected chi connectivity index (χ3v) is 5.82. The predicted molar refractivity (Wildman–Crippen MR) is 98.7 cm³/mol. The minimum Gasteiger partial charge on any atom is -0.465 e. The fourth-order valence-corrected chi connectivity index (χ4v) is 3.49. The van der Waals surface area contributed by atoms with E-state index in [1.165, 1.54) is 18.9 Å². The maximum absolute atomic E-state index is 11.6. The first-order valence-corrected chi connectivity index (χ1v) is 8.85. The normalized spacial score (nSPS) is 10.1. The zero-order chi connectivity index (χ0) is 16.1. The highest BCUT2D eigenvalue weighted by molar-refractivity contribution is 9.13. The van der Waals surface area contributed by atoms with Crippen molar-refractivity contribution >= 4 is 66.2 Å². The second kappa shape index (κ2) is 8.10. The zero-order valence-electron chi connectivity index (χ0n) is 11.3. The Morgan fingerprint density at radius 2 is 1.77 bits per heavy atom. The standard InChI is InChI=1S/C15H10Br2O3S2/c1-19-14(18)10-7-8-11(13(17)12(10)16)20-15(21)22-9-5-3-2-4-6-9/h2-8H,1H3. The Kier molecular flexibility index (Phi) is 6.43. The quantitative estimate of drug-likeness (QED) is 0.344. The molecule has 0 spiro atoms. The number of thioether (sulfide) groups is 1. The van der Waals surface area contributed by atoms with E-state index < -0.39 is 5.97 Å². The molecule has 114 valence electrons. The van der Waals surface area contributed by atoms with Gasteiger partial charge in [0.1, 0.15) is 5.75 Å². The van der Waals surface area contributed by atoms with Gasteiger partial charge in [-0.15, -0.1) is 0 Å². The lowest BCUT2D eigenvalue weighted by molar-refractivity contribution is 0.0599. The van der Waals surface area contributed by atoms with Gasteiger partial charge in [0.2, 0.25) is 4.38 Å². The molecule has 0 unspecified atom stereocenters. The number of methoxy groups -OCH3 is 1. The Labute approximate surface area is 154 Å². The Bertz CT molecular complexity index is 705. The molecular weight excluding hydrogens is 452 g/mol. The van der Waals surface area contributed by atoms with E-state index in [2.05, 4.69) is 31.9 Å². The van der Waals surface area contributed by atoms with E-state index in [0.29, 0.717) is 24.6 Å². The molecule has 0 bridgehead atoms. The summed E-state index contributed by atoms with van der Waals surface area (Å²) in [5.74, 6) is 0.0910. The second-order valence-electron chi connectivity index (χ2n) is 4.00. The molecule has 0 aliphatic rings. The van der Waals surface area contributed by atoms with Gasteiger partial charge >= 0.3 is 5.97 Å². The van der Waals surface area contributed by atoms with Crippen LogP contribution in [0, 0.1) is 0 Å². The van der Waals surface area contributed by atoms with Gasteiger partial charge in [-0.1, -0.05) is 18.2 Å². The molecule has 0 fully saturated rings. The zero-order valence-corrected chi connectivity index (χ0v) is 16.1. The first kappa shape index (κ1) is 17.5. The summed E-state index contributed by atoms with van der Waals surface area (Å²) in [6.07, 6.45) is 0. The van der Waals surface area contributed by atoms with Gasteiger partial charge in [-0.3, -0.25) is 0 Å². The van der Waals surface area contributed by atoms with Gasteiger partial charge < -0.3 is 9.47 Å². The smallest absolute Gasteiger partial charge is 0.339 e. The molecule has 3 nitrogen and oxygen atoms in total. The maximum atomic E-state index is 11.6. The number of hydrogen-bond donors (Lipinski definition) is 0. The van der Waals surface area contributed by atoms with Gasteiger partial charge in [0.05, 0.1) is 21.6 Å². The molecule has 0 radical (unpaired) electrons. The molecule has 0 aliphatic carbocycles. The van der Waals surface area contributed by atoms with Gasteiger partial charge in [-0.05, 0) is 80.1 Å². The summed E-state index contributed by atoms with van der Waals surface area (Å²) in [5.41, 5.74) is 0.406. The fraction of sp³-hybridized carbons (Fsp3) is 0.0667. The number of halogens is 2. The highest BCUT2D eigenvalue weighted by Gasteiger charge is 2.17. The fourth-order valence-electron chi connectivity index (χ4n) is 1.57. The average Bonchev–Trinajstić information content (AvgIpc) is 2.52. The van der Waals surface area contributed by atoms with E-state index in [-0.39, 0.29) is 0 Å². The van der Waals surface area contributed by atoms with Crippen LogP contribution in [0.1, 0.15) is 10.4 Å². The predicted octanol–water partition coefficient (Wildman–Crippen LogP) is 5.45. The van der Waals surface area contributed by atoms with Crippen LogP contribution in [0.3, 0.4) is 0 Å². The molecule has 22 heavy (non-hydrogen) atoms. The van der Waals surface area contributed by atoms with E-state index in [4.69, 9.17) is 21.7 Å². The molecule has 7 heteroatoms. The van der Waals surface area contributed by atoms with Crippen LogP contribution in [0.4, 0.5) is 0 Å². The number of hydrogen-bond acceptors (Lipinski definition) is 5. The largest absolute Gasteiger partial charge is 0.465 e. The molecule has 0 aliphatic heterocycles. The molecule has 2 aromatic carbocycles. The summed E-state index contributed by atoms with van der Waals surface area (Å²) in [6, 6.07) is 13.0. The first-order valence-electron chi connectivity index (χ1n) is 6.04. The number of esters is 1. The molecule has 0 saturated heterocycles. The Morgan fingerprint density at radius 1 is 1.09 bits per heavy atom. The van der Waals surface area contributed by atoms with Crippen molar-refractivity contribution in [2.45, 2.75) is 4.90 Å². The highest BCUT2D eigenvalue weighted by Crippen LogP contribution is 2.36. The van der Waals surface area contributed by atoms with Gasteiger partial charge in [0.15, 0.2) is 0 Å². The molecule has 0 heterocycles. The number of thiocarbonyl (C=S) groups is 1. The molecule has 0 saturated carbocycles. The van der Waals surface area contributed by atoms with Gasteiger partial charge in [-0.25, -0.2) is 4.79 Å². The number of carbonyl (C=O) groups excluding carboxylic acids is 1. The van der Waals surface area contributed by atoms with Crippen molar-refractivity contribution in [3.63, 3.8) is 0 Å². The van der Waals surface area contributed by atoms with E-state index >= 15 is 0 Å².